The lowest BCUT2D eigenvalue weighted by Crippen LogP contribution is -1.97. The molecule has 0 radical (unpaired) electrons. The smallest absolute Gasteiger partial charge is 0.0541 e. The zero-order chi connectivity index (χ0) is 74.1. The van der Waals surface area contributed by atoms with E-state index in [9.17, 15) is 0 Å². The number of hydrogen-bond donors (Lipinski definition) is 0. The largest absolute Gasteiger partial charge is 0.309 e. The van der Waals surface area contributed by atoms with Crippen LogP contribution in [0.2, 0.25) is 0 Å². The van der Waals surface area contributed by atoms with Crippen LogP contribution in [-0.2, 0) is 0 Å². The van der Waals surface area contributed by atoms with Crippen LogP contribution < -0.4 is 0 Å². The Balaban J connectivity index is 0.000000401. The van der Waals surface area contributed by atoms with Crippen LogP contribution in [0.15, 0.2) is 291 Å². The number of para-hydroxylation sites is 9. The lowest BCUT2D eigenvalue weighted by Gasteiger charge is -2.15. The molecule has 4 heteroatoms. The van der Waals surface area contributed by atoms with Gasteiger partial charge >= 0.3 is 0 Å². The van der Waals surface area contributed by atoms with E-state index in [4.69, 9.17) is 0 Å². The Morgan fingerprint density at radius 2 is 0.370 bits per heavy atom. The molecule has 0 saturated carbocycles. The molecule has 0 aliphatic heterocycles. The van der Waals surface area contributed by atoms with E-state index >= 15 is 0 Å². The normalized spacial score (nSPS) is 9.60. The van der Waals surface area contributed by atoms with Crippen LogP contribution in [0.5, 0.6) is 0 Å². The first-order chi connectivity index (χ1) is 49.7. The molecule has 0 unspecified atom stereocenters. The summed E-state index contributed by atoms with van der Waals surface area (Å²) in [6.07, 6.45) is 0. The third kappa shape index (κ3) is 18.2. The maximum Gasteiger partial charge on any atom is 0.0541 e. The second kappa shape index (κ2) is 46.2. The molecule has 4 aromatic heterocycles. The minimum atomic E-state index is 1.17. The molecule has 0 bridgehead atoms. The minimum absolute atomic E-state index is 1.17. The summed E-state index contributed by atoms with van der Waals surface area (Å²) >= 11 is 0. The van der Waals surface area contributed by atoms with Crippen molar-refractivity contribution < 1.29 is 0 Å². The Hall–Kier alpha value is -10.2. The van der Waals surface area contributed by atoms with Crippen LogP contribution in [0.1, 0.15) is 166 Å². The average Bonchev–Trinajstić information content (AvgIpc) is 1.61. The number of hydrogen-bond acceptors (Lipinski definition) is 0. The van der Waals surface area contributed by atoms with Gasteiger partial charge < -0.3 is 18.3 Å². The van der Waals surface area contributed by atoms with Gasteiger partial charge in [-0.3, -0.25) is 0 Å². The van der Waals surface area contributed by atoms with Crippen molar-refractivity contribution in [3.63, 3.8) is 0 Å². The predicted octanol–water partition coefficient (Wildman–Crippen LogP) is 31.4. The van der Waals surface area contributed by atoms with E-state index in [0.29, 0.717) is 0 Å². The molecule has 16 aromatic rings. The molecule has 16 rings (SSSR count). The molecule has 0 aliphatic rings. The van der Waals surface area contributed by atoms with Gasteiger partial charge in [-0.1, -0.05) is 366 Å². The molecular weight excluding hydrogens is 1210 g/mol. The van der Waals surface area contributed by atoms with Crippen LogP contribution >= 0.6 is 0 Å². The maximum atomic E-state index is 2.40. The minimum Gasteiger partial charge on any atom is -0.309 e. The highest BCUT2D eigenvalue weighted by molar-refractivity contribution is 6.12. The topological polar surface area (TPSA) is 19.7 Å². The molecule has 4 nitrogen and oxygen atoms in total. The SMILES string of the molecule is CC.CC.CC.CC.CC.CC.CC.CC.CC.CC.CC.CC.c1cc(-c2ccc(-n3c4ccccc4c4ccccc43)cc2)cc(-n2c3ccccc3c3ccccc32)c1.c1ccc(-n2c3ccccc3c3ccccc32)c(-c2ccc(-n3c4ccccc4c4ccccc43)cc2)c1. The Morgan fingerprint density at radius 3 is 0.650 bits per heavy atom. The second-order valence-electron chi connectivity index (χ2n) is 19.6. The highest BCUT2D eigenvalue weighted by Gasteiger charge is 2.18. The summed E-state index contributed by atoms with van der Waals surface area (Å²) in [6, 6.07) is 105. The zero-order valence-electron chi connectivity index (χ0n) is 65.5. The third-order valence-corrected chi connectivity index (χ3v) is 15.5. The van der Waals surface area contributed by atoms with Crippen LogP contribution in [-0.4, -0.2) is 18.3 Å². The molecule has 12 aromatic carbocycles. The van der Waals surface area contributed by atoms with Gasteiger partial charge in [-0.05, 0) is 108 Å². The summed E-state index contributed by atoms with van der Waals surface area (Å²) in [4.78, 5) is 0. The van der Waals surface area contributed by atoms with Gasteiger partial charge in [-0.15, -0.1) is 0 Å². The highest BCUT2D eigenvalue weighted by Crippen LogP contribution is 2.39. The van der Waals surface area contributed by atoms with Gasteiger partial charge in [0.15, 0.2) is 0 Å². The van der Waals surface area contributed by atoms with Crippen LogP contribution in [0.4, 0.5) is 0 Å². The third-order valence-electron chi connectivity index (χ3n) is 15.5. The fraction of sp³-hybridized carbons (Fsp3) is 0.250. The van der Waals surface area contributed by atoms with Crippen molar-refractivity contribution in [3.05, 3.63) is 291 Å². The van der Waals surface area contributed by atoms with E-state index in [0.717, 1.165) is 0 Å². The van der Waals surface area contributed by atoms with E-state index in [2.05, 4.69) is 309 Å². The number of fused-ring (bicyclic) bond motifs is 12. The number of aromatic nitrogens is 4. The zero-order valence-corrected chi connectivity index (χ0v) is 65.5. The van der Waals surface area contributed by atoms with Gasteiger partial charge in [0.05, 0.1) is 49.8 Å². The van der Waals surface area contributed by atoms with Gasteiger partial charge in [0.25, 0.3) is 0 Å². The summed E-state index contributed by atoms with van der Waals surface area (Å²) in [5.41, 5.74) is 19.4. The van der Waals surface area contributed by atoms with Gasteiger partial charge in [-0.2, -0.15) is 0 Å². The first-order valence-electron chi connectivity index (χ1n) is 38.1. The lowest BCUT2D eigenvalue weighted by atomic mass is 10.0. The first kappa shape index (κ1) is 84.1. The summed E-state index contributed by atoms with van der Waals surface area (Å²) in [7, 11) is 0. The molecule has 0 spiro atoms. The Labute approximate surface area is 604 Å². The van der Waals surface area contributed by atoms with E-state index < -0.39 is 0 Å². The molecule has 524 valence electrons. The molecule has 4 heterocycles. The second-order valence-corrected chi connectivity index (χ2v) is 19.6. The van der Waals surface area contributed by atoms with Crippen LogP contribution in [0.25, 0.3) is 132 Å². The van der Waals surface area contributed by atoms with E-state index in [1.807, 2.05) is 166 Å². The molecule has 0 aliphatic carbocycles. The van der Waals surface area contributed by atoms with Crippen molar-refractivity contribution in [2.45, 2.75) is 166 Å². The van der Waals surface area contributed by atoms with Gasteiger partial charge in [0, 0.05) is 65.7 Å². The molecule has 0 N–H and O–H groups in total. The van der Waals surface area contributed by atoms with E-state index in [1.165, 1.54) is 132 Å². The Kier molecular flexibility index (Phi) is 38.8. The molecule has 0 saturated heterocycles. The lowest BCUT2D eigenvalue weighted by molar-refractivity contribution is 1.17. The van der Waals surface area contributed by atoms with Gasteiger partial charge in [-0.25, -0.2) is 0 Å². The molecular formula is C96H120N4. The summed E-state index contributed by atoms with van der Waals surface area (Å²) in [6.45, 7) is 48.0. The van der Waals surface area contributed by atoms with Crippen molar-refractivity contribution in [2.75, 3.05) is 0 Å². The van der Waals surface area contributed by atoms with Crippen molar-refractivity contribution in [3.8, 4) is 45.0 Å². The number of nitrogens with zero attached hydrogens (tertiary/aromatic N) is 4. The summed E-state index contributed by atoms with van der Waals surface area (Å²) < 4.78 is 9.51. The van der Waals surface area contributed by atoms with Gasteiger partial charge in [0.1, 0.15) is 0 Å². The van der Waals surface area contributed by atoms with E-state index in [1.54, 1.807) is 0 Å². The summed E-state index contributed by atoms with van der Waals surface area (Å²) in [5.74, 6) is 0. The fourth-order valence-electron chi connectivity index (χ4n) is 12.1. The van der Waals surface area contributed by atoms with Crippen molar-refractivity contribution in [1.29, 1.82) is 0 Å². The first-order valence-corrected chi connectivity index (χ1v) is 38.1. The quantitative estimate of drug-likeness (QED) is 0.158. The number of benzene rings is 12. The maximum absolute atomic E-state index is 2.40. The Morgan fingerprint density at radius 1 is 0.150 bits per heavy atom. The van der Waals surface area contributed by atoms with Crippen LogP contribution in [0.3, 0.4) is 0 Å². The van der Waals surface area contributed by atoms with Crippen molar-refractivity contribution >= 4 is 87.2 Å². The average molecular weight is 1330 g/mol. The molecule has 0 atom stereocenters. The molecule has 100 heavy (non-hydrogen) atoms. The highest BCUT2D eigenvalue weighted by atomic mass is 15.0. The monoisotopic (exact) mass is 1330 g/mol. The molecule has 0 fully saturated rings. The fourth-order valence-corrected chi connectivity index (χ4v) is 12.1. The Bertz CT molecular complexity index is 4660. The van der Waals surface area contributed by atoms with Crippen LogP contribution in [0, 0.1) is 0 Å². The van der Waals surface area contributed by atoms with Crippen molar-refractivity contribution in [1.82, 2.24) is 18.3 Å². The standard InChI is InChI=1S/2C36H24N2.12C2H6/c1-6-16-32(38-35-19-9-4-14-30(35)31-15-5-10-20-36(31)38)27(11-1)25-21-23-26(24-22-25)37-33-17-7-2-12-28(33)29-13-3-8-18-34(29)37;1-5-16-33-29(12-1)30-13-2-6-17-34(30)37(33)27-22-20-25(21-23-27)26-10-9-11-28(24-26)38-35-18-7-3-14-31(35)32-15-4-8-19-36(32)38;12*1-2/h2*1-24H;12*1-2H3. The summed E-state index contributed by atoms with van der Waals surface area (Å²) in [5, 5.41) is 10.2. The number of rotatable bonds is 6. The predicted molar refractivity (Wildman–Crippen MR) is 457 cm³/mol. The molecule has 0 amide bonds. The van der Waals surface area contributed by atoms with Crippen molar-refractivity contribution in [2.24, 2.45) is 0 Å². The van der Waals surface area contributed by atoms with E-state index in [-0.39, 0.29) is 0 Å². The van der Waals surface area contributed by atoms with Gasteiger partial charge in [0.2, 0.25) is 0 Å².